The van der Waals surface area contributed by atoms with Crippen LogP contribution in [-0.4, -0.2) is 72.2 Å². The molecule has 1 amide bonds. The fourth-order valence-corrected chi connectivity index (χ4v) is 4.08. The summed E-state index contributed by atoms with van der Waals surface area (Å²) in [4.78, 5) is 38.1. The lowest BCUT2D eigenvalue weighted by molar-refractivity contribution is -0.122. The summed E-state index contributed by atoms with van der Waals surface area (Å²) >= 11 is 6.41. The minimum Gasteiger partial charge on any atom is -0.478 e. The average Bonchev–Trinajstić information content (AvgIpc) is 2.97. The van der Waals surface area contributed by atoms with Crippen LogP contribution in [-0.2, 0) is 11.3 Å². The van der Waals surface area contributed by atoms with Crippen molar-refractivity contribution in [2.45, 2.75) is 47.6 Å². The molecule has 0 spiro atoms. The van der Waals surface area contributed by atoms with Crippen molar-refractivity contribution in [3.63, 3.8) is 0 Å². The van der Waals surface area contributed by atoms with Crippen LogP contribution in [0.5, 0.6) is 5.75 Å². The number of hydrogen-bond donors (Lipinski definition) is 2. The lowest BCUT2D eigenvalue weighted by atomic mass is 10.1. The standard InChI is InChI=1S/C24H30ClN7O3.2C2H6/c1-4-7-32-19-6-5-17(12-16(19)13-20(23(32)34)35-15-21(33)26-2)28-22-18(25)14-27-24(29-22)31-10-8-30(3)9-11-31;2*1-2/h5-6,12-14H,4,7-11,15H2,1-3H3,(H,26,33)(H,27,28,29);2*1-2H3. The number of aromatic nitrogens is 3. The maximum atomic E-state index is 13.0. The van der Waals surface area contributed by atoms with Gasteiger partial charge in [-0.2, -0.15) is 4.98 Å². The third-order valence-corrected chi connectivity index (χ3v) is 6.20. The Hall–Kier alpha value is -3.37. The number of likely N-dealkylation sites (N-methyl/N-ethyl adjacent to an activating group) is 2. The number of fused-ring (bicyclic) bond motifs is 1. The molecule has 0 bridgehead atoms. The summed E-state index contributed by atoms with van der Waals surface area (Å²) in [6.07, 6.45) is 2.38. The number of piperazine rings is 1. The van der Waals surface area contributed by atoms with Crippen molar-refractivity contribution in [1.82, 2.24) is 24.8 Å². The first-order valence-electron chi connectivity index (χ1n) is 13.6. The van der Waals surface area contributed by atoms with E-state index in [-0.39, 0.29) is 23.8 Å². The molecular weight excluding hydrogens is 518 g/mol. The van der Waals surface area contributed by atoms with Gasteiger partial charge in [-0.1, -0.05) is 46.2 Å². The SMILES string of the molecule is CC.CC.CCCn1c(=O)c(OCC(=O)NC)cc2cc(Nc3nc(N4CCN(C)CC4)ncc3Cl)ccc21. The number of anilines is 3. The van der Waals surface area contributed by atoms with E-state index in [9.17, 15) is 9.59 Å². The van der Waals surface area contributed by atoms with Gasteiger partial charge in [-0.15, -0.1) is 0 Å². The summed E-state index contributed by atoms with van der Waals surface area (Å²) in [5, 5.41) is 6.98. The topological polar surface area (TPSA) is 105 Å². The Labute approximate surface area is 236 Å². The molecule has 1 aromatic carbocycles. The van der Waals surface area contributed by atoms with E-state index in [0.29, 0.717) is 23.3 Å². The normalized spacial score (nSPS) is 13.1. The molecule has 0 atom stereocenters. The smallest absolute Gasteiger partial charge is 0.293 e. The van der Waals surface area contributed by atoms with Gasteiger partial charge in [-0.25, -0.2) is 4.98 Å². The summed E-state index contributed by atoms with van der Waals surface area (Å²) in [6.45, 7) is 13.9. The first kappa shape index (κ1) is 31.8. The molecule has 1 aliphatic rings. The highest BCUT2D eigenvalue weighted by Crippen LogP contribution is 2.28. The van der Waals surface area contributed by atoms with Gasteiger partial charge in [-0.05, 0) is 37.7 Å². The van der Waals surface area contributed by atoms with E-state index >= 15 is 0 Å². The molecule has 0 saturated carbocycles. The number of halogens is 1. The lowest BCUT2D eigenvalue weighted by Gasteiger charge is -2.32. The van der Waals surface area contributed by atoms with Gasteiger partial charge >= 0.3 is 0 Å². The molecule has 2 N–H and O–H groups in total. The molecule has 1 fully saturated rings. The number of pyridine rings is 1. The van der Waals surface area contributed by atoms with Crippen LogP contribution in [0.15, 0.2) is 35.3 Å². The van der Waals surface area contributed by atoms with E-state index in [0.717, 1.165) is 49.2 Å². The number of hydrogen-bond acceptors (Lipinski definition) is 8. The molecule has 1 saturated heterocycles. The highest BCUT2D eigenvalue weighted by atomic mass is 35.5. The van der Waals surface area contributed by atoms with Crippen molar-refractivity contribution in [3.05, 3.63) is 45.8 Å². The zero-order chi connectivity index (χ0) is 28.9. The fraction of sp³-hybridized carbons (Fsp3) is 0.500. The minimum absolute atomic E-state index is 0.129. The van der Waals surface area contributed by atoms with Crippen molar-refractivity contribution in [1.29, 1.82) is 0 Å². The number of nitrogens with one attached hydrogen (secondary N) is 2. The van der Waals surface area contributed by atoms with Crippen molar-refractivity contribution < 1.29 is 9.53 Å². The second kappa shape index (κ2) is 15.9. The van der Waals surface area contributed by atoms with Crippen LogP contribution in [0.1, 0.15) is 41.0 Å². The van der Waals surface area contributed by atoms with Crippen LogP contribution >= 0.6 is 11.6 Å². The maximum absolute atomic E-state index is 13.0. The molecule has 2 aromatic heterocycles. The first-order valence-corrected chi connectivity index (χ1v) is 14.0. The van der Waals surface area contributed by atoms with Crippen LogP contribution in [0.3, 0.4) is 0 Å². The fourth-order valence-electron chi connectivity index (χ4n) is 3.94. The molecule has 214 valence electrons. The van der Waals surface area contributed by atoms with Gasteiger partial charge in [0.15, 0.2) is 18.2 Å². The summed E-state index contributed by atoms with van der Waals surface area (Å²) in [7, 11) is 3.62. The molecule has 1 aliphatic heterocycles. The molecule has 3 aromatic rings. The van der Waals surface area contributed by atoms with E-state index in [2.05, 4.69) is 37.4 Å². The molecule has 4 rings (SSSR count). The van der Waals surface area contributed by atoms with Crippen molar-refractivity contribution in [2.75, 3.05) is 57.1 Å². The molecular formula is C28H42ClN7O3. The number of nitrogens with zero attached hydrogens (tertiary/aromatic N) is 5. The summed E-state index contributed by atoms with van der Waals surface area (Å²) < 4.78 is 7.20. The van der Waals surface area contributed by atoms with Gasteiger partial charge in [-0.3, -0.25) is 9.59 Å². The third-order valence-electron chi connectivity index (χ3n) is 5.93. The molecule has 11 heteroatoms. The van der Waals surface area contributed by atoms with E-state index in [1.54, 1.807) is 16.8 Å². The Morgan fingerprint density at radius 1 is 1.10 bits per heavy atom. The van der Waals surface area contributed by atoms with Crippen LogP contribution in [0.25, 0.3) is 10.9 Å². The zero-order valence-electron chi connectivity index (χ0n) is 24.2. The number of rotatable bonds is 8. The monoisotopic (exact) mass is 559 g/mol. The second-order valence-electron chi connectivity index (χ2n) is 8.48. The molecule has 0 aliphatic carbocycles. The van der Waals surface area contributed by atoms with E-state index < -0.39 is 0 Å². The Bertz CT molecular complexity index is 1270. The second-order valence-corrected chi connectivity index (χ2v) is 8.89. The summed E-state index contributed by atoms with van der Waals surface area (Å²) in [5.41, 5.74) is 1.27. The van der Waals surface area contributed by atoms with E-state index in [1.807, 2.05) is 52.8 Å². The zero-order valence-corrected chi connectivity index (χ0v) is 24.9. The number of ether oxygens (including phenoxy) is 1. The van der Waals surface area contributed by atoms with Gasteiger partial charge in [0.1, 0.15) is 5.02 Å². The summed E-state index contributed by atoms with van der Waals surface area (Å²) in [6, 6.07) is 7.33. The minimum atomic E-state index is -0.309. The molecule has 0 unspecified atom stereocenters. The molecule has 39 heavy (non-hydrogen) atoms. The third kappa shape index (κ3) is 8.31. The van der Waals surface area contributed by atoms with Crippen LogP contribution in [0.2, 0.25) is 5.02 Å². The van der Waals surface area contributed by atoms with Crippen LogP contribution in [0.4, 0.5) is 17.5 Å². The number of carbonyl (C=O) groups is 1. The van der Waals surface area contributed by atoms with Crippen LogP contribution < -0.4 is 25.8 Å². The molecule has 0 radical (unpaired) electrons. The van der Waals surface area contributed by atoms with Gasteiger partial charge in [0.2, 0.25) is 5.95 Å². The largest absolute Gasteiger partial charge is 0.478 e. The highest BCUT2D eigenvalue weighted by molar-refractivity contribution is 6.32. The van der Waals surface area contributed by atoms with E-state index in [4.69, 9.17) is 16.3 Å². The Balaban J connectivity index is 0.00000127. The van der Waals surface area contributed by atoms with Gasteiger partial charge in [0, 0.05) is 50.8 Å². The quantitative estimate of drug-likeness (QED) is 0.415. The number of aryl methyl sites for hydroxylation is 1. The van der Waals surface area contributed by atoms with Gasteiger partial charge < -0.3 is 29.7 Å². The lowest BCUT2D eigenvalue weighted by Crippen LogP contribution is -2.45. The van der Waals surface area contributed by atoms with Crippen molar-refractivity contribution in [2.24, 2.45) is 0 Å². The van der Waals surface area contributed by atoms with Gasteiger partial charge in [0.05, 0.1) is 11.7 Å². The Kier molecular flexibility index (Phi) is 13.0. The predicted molar refractivity (Wildman–Crippen MR) is 161 cm³/mol. The Morgan fingerprint density at radius 2 is 1.79 bits per heavy atom. The number of carbonyl (C=O) groups excluding carboxylic acids is 1. The number of benzene rings is 1. The number of amides is 1. The van der Waals surface area contributed by atoms with Crippen LogP contribution in [0, 0.1) is 0 Å². The first-order chi connectivity index (χ1) is 18.9. The maximum Gasteiger partial charge on any atom is 0.293 e. The predicted octanol–water partition coefficient (Wildman–Crippen LogP) is 4.53. The van der Waals surface area contributed by atoms with E-state index in [1.165, 1.54) is 7.05 Å². The van der Waals surface area contributed by atoms with Crippen molar-refractivity contribution in [3.8, 4) is 5.75 Å². The van der Waals surface area contributed by atoms with Crippen molar-refractivity contribution >= 4 is 45.9 Å². The molecule has 10 nitrogen and oxygen atoms in total. The summed E-state index contributed by atoms with van der Waals surface area (Å²) in [5.74, 6) is 0.959. The molecule has 3 heterocycles. The van der Waals surface area contributed by atoms with Gasteiger partial charge in [0.25, 0.3) is 11.5 Å². The average molecular weight is 560 g/mol. The Morgan fingerprint density at radius 3 is 2.44 bits per heavy atom. The highest BCUT2D eigenvalue weighted by Gasteiger charge is 2.18.